The molecule has 2 unspecified atom stereocenters. The highest BCUT2D eigenvalue weighted by molar-refractivity contribution is 7.91. The van der Waals surface area contributed by atoms with Gasteiger partial charge in [0.05, 0.1) is 17.5 Å². The van der Waals surface area contributed by atoms with E-state index in [4.69, 9.17) is 0 Å². The fraction of sp³-hybridized carbons (Fsp3) is 0.462. The first-order valence-electron chi connectivity index (χ1n) is 6.53. The van der Waals surface area contributed by atoms with E-state index in [2.05, 4.69) is 4.74 Å². The molecule has 2 atom stereocenters. The molecule has 5 nitrogen and oxygen atoms in total. The number of alkyl halides is 3. The number of carbonyl (C=O) groups excluding carboxylic acids is 1. The van der Waals surface area contributed by atoms with Crippen LogP contribution in [-0.4, -0.2) is 38.2 Å². The summed E-state index contributed by atoms with van der Waals surface area (Å²) in [6.45, 7) is 0. The van der Waals surface area contributed by atoms with Crippen LogP contribution in [0.3, 0.4) is 0 Å². The van der Waals surface area contributed by atoms with Crippen LogP contribution in [0.5, 0.6) is 5.75 Å². The van der Waals surface area contributed by atoms with Crippen molar-refractivity contribution < 1.29 is 31.1 Å². The van der Waals surface area contributed by atoms with E-state index >= 15 is 0 Å². The quantitative estimate of drug-likeness (QED) is 0.826. The van der Waals surface area contributed by atoms with Gasteiger partial charge in [0.25, 0.3) is 0 Å². The van der Waals surface area contributed by atoms with Gasteiger partial charge in [-0.3, -0.25) is 4.79 Å². The van der Waals surface area contributed by atoms with Crippen LogP contribution < -0.4 is 9.64 Å². The van der Waals surface area contributed by atoms with Gasteiger partial charge in [0.2, 0.25) is 5.91 Å². The Labute approximate surface area is 124 Å². The first-order valence-corrected chi connectivity index (χ1v) is 8.35. The molecule has 0 N–H and O–H groups in total. The van der Waals surface area contributed by atoms with Crippen LogP contribution in [0.4, 0.5) is 18.9 Å². The number of benzene rings is 1. The minimum absolute atomic E-state index is 0.0187. The monoisotopic (exact) mass is 335 g/mol. The molecule has 9 heteroatoms. The third-order valence-corrected chi connectivity index (χ3v) is 5.61. The summed E-state index contributed by atoms with van der Waals surface area (Å²) in [5, 5.41) is 0. The number of hydrogen-bond donors (Lipinski definition) is 0. The molecular formula is C13H12F3NO4S. The van der Waals surface area contributed by atoms with E-state index < -0.39 is 28.0 Å². The average Bonchev–Trinajstić information content (AvgIpc) is 2.79. The topological polar surface area (TPSA) is 63.7 Å². The Kier molecular flexibility index (Phi) is 3.35. The Morgan fingerprint density at radius 3 is 2.36 bits per heavy atom. The van der Waals surface area contributed by atoms with Crippen molar-refractivity contribution in [2.45, 2.75) is 18.8 Å². The summed E-state index contributed by atoms with van der Waals surface area (Å²) < 4.78 is 63.4. The number of amides is 1. The lowest BCUT2D eigenvalue weighted by atomic mass is 10.0. The molecule has 1 aromatic carbocycles. The summed E-state index contributed by atoms with van der Waals surface area (Å²) in [7, 11) is -3.17. The number of fused-ring (bicyclic) bond motifs is 1. The van der Waals surface area contributed by atoms with Gasteiger partial charge in [-0.25, -0.2) is 8.42 Å². The number of nitrogens with zero attached hydrogens (tertiary/aromatic N) is 1. The van der Waals surface area contributed by atoms with Gasteiger partial charge in [0.15, 0.2) is 9.84 Å². The van der Waals surface area contributed by atoms with Gasteiger partial charge in [-0.15, -0.1) is 13.2 Å². The largest absolute Gasteiger partial charge is 0.573 e. The second kappa shape index (κ2) is 4.87. The van der Waals surface area contributed by atoms with E-state index in [1.54, 1.807) is 0 Å². The maximum atomic E-state index is 12.1. The van der Waals surface area contributed by atoms with Crippen molar-refractivity contribution in [2.75, 3.05) is 16.4 Å². The number of anilines is 1. The molecule has 120 valence electrons. The van der Waals surface area contributed by atoms with E-state index in [0.29, 0.717) is 5.69 Å². The third-order valence-electron chi connectivity index (χ3n) is 3.82. The maximum absolute atomic E-state index is 12.1. The van der Waals surface area contributed by atoms with Crippen LogP contribution in [0.2, 0.25) is 0 Å². The van der Waals surface area contributed by atoms with Crippen molar-refractivity contribution in [3.05, 3.63) is 24.3 Å². The number of rotatable bonds is 2. The Morgan fingerprint density at radius 1 is 1.14 bits per heavy atom. The first kappa shape index (κ1) is 15.1. The van der Waals surface area contributed by atoms with Crippen molar-refractivity contribution in [1.82, 2.24) is 0 Å². The van der Waals surface area contributed by atoms with E-state index in [1.807, 2.05) is 0 Å². The third kappa shape index (κ3) is 2.90. The molecule has 22 heavy (non-hydrogen) atoms. The molecule has 3 rings (SSSR count). The summed E-state index contributed by atoms with van der Waals surface area (Å²) >= 11 is 0. The van der Waals surface area contributed by atoms with Gasteiger partial charge < -0.3 is 9.64 Å². The Morgan fingerprint density at radius 2 is 1.77 bits per heavy atom. The summed E-state index contributed by atoms with van der Waals surface area (Å²) in [6, 6.07) is 4.42. The molecule has 2 heterocycles. The summed E-state index contributed by atoms with van der Waals surface area (Å²) in [5.74, 6) is -0.976. The van der Waals surface area contributed by atoms with Gasteiger partial charge in [0, 0.05) is 18.0 Å². The number of carbonyl (C=O) groups is 1. The minimum atomic E-state index is -4.78. The van der Waals surface area contributed by atoms with Crippen molar-refractivity contribution in [1.29, 1.82) is 0 Å². The van der Waals surface area contributed by atoms with Gasteiger partial charge >= 0.3 is 6.36 Å². The number of ether oxygens (including phenoxy) is 1. The van der Waals surface area contributed by atoms with Gasteiger partial charge in [0.1, 0.15) is 5.75 Å². The highest BCUT2D eigenvalue weighted by Crippen LogP contribution is 2.37. The highest BCUT2D eigenvalue weighted by Gasteiger charge is 2.49. The number of hydrogen-bond acceptors (Lipinski definition) is 4. The van der Waals surface area contributed by atoms with Crippen LogP contribution in [-0.2, 0) is 14.6 Å². The van der Waals surface area contributed by atoms with Gasteiger partial charge in [-0.1, -0.05) is 0 Å². The number of halogens is 3. The standard InChI is InChI=1S/C13H12F3NO4S/c14-13(15,16)21-10-3-1-9(2-4-10)17-11-7-22(19,20)6-8(11)5-12(17)18/h1-4,8,11H,5-7H2. The zero-order valence-corrected chi connectivity index (χ0v) is 12.0. The molecule has 2 aliphatic rings. The van der Waals surface area contributed by atoms with Crippen molar-refractivity contribution >= 4 is 21.4 Å². The average molecular weight is 335 g/mol. The maximum Gasteiger partial charge on any atom is 0.573 e. The lowest BCUT2D eigenvalue weighted by Gasteiger charge is -2.23. The molecule has 2 saturated heterocycles. The van der Waals surface area contributed by atoms with E-state index in [9.17, 15) is 26.4 Å². The molecule has 2 aliphatic heterocycles. The van der Waals surface area contributed by atoms with Crippen molar-refractivity contribution in [2.24, 2.45) is 5.92 Å². The molecule has 0 radical (unpaired) electrons. The number of sulfone groups is 1. The molecule has 0 bridgehead atoms. The molecule has 0 saturated carbocycles. The molecule has 2 fully saturated rings. The normalized spacial score (nSPS) is 27.0. The van der Waals surface area contributed by atoms with Crippen molar-refractivity contribution in [3.63, 3.8) is 0 Å². The molecule has 0 aliphatic carbocycles. The summed E-state index contributed by atoms with van der Waals surface area (Å²) in [4.78, 5) is 13.4. The van der Waals surface area contributed by atoms with Crippen LogP contribution in [0.25, 0.3) is 0 Å². The Hall–Kier alpha value is -1.77. The second-order valence-corrected chi connectivity index (χ2v) is 7.57. The predicted molar refractivity (Wildman–Crippen MR) is 71.2 cm³/mol. The Balaban J connectivity index is 1.83. The van der Waals surface area contributed by atoms with Gasteiger partial charge in [-0.2, -0.15) is 0 Å². The molecule has 0 aromatic heterocycles. The minimum Gasteiger partial charge on any atom is -0.406 e. The van der Waals surface area contributed by atoms with Crippen LogP contribution in [0, 0.1) is 5.92 Å². The fourth-order valence-electron chi connectivity index (χ4n) is 3.03. The van der Waals surface area contributed by atoms with Crippen LogP contribution >= 0.6 is 0 Å². The first-order chi connectivity index (χ1) is 10.1. The highest BCUT2D eigenvalue weighted by atomic mass is 32.2. The summed E-state index contributed by atoms with van der Waals surface area (Å²) in [5.41, 5.74) is 0.379. The molecular weight excluding hydrogens is 323 g/mol. The smallest absolute Gasteiger partial charge is 0.406 e. The fourth-order valence-corrected chi connectivity index (χ4v) is 5.10. The van der Waals surface area contributed by atoms with Crippen molar-refractivity contribution in [3.8, 4) is 5.75 Å². The Bertz CT molecular complexity index is 699. The van der Waals surface area contributed by atoms with E-state index in [0.717, 1.165) is 12.1 Å². The van der Waals surface area contributed by atoms with Gasteiger partial charge in [-0.05, 0) is 24.3 Å². The van der Waals surface area contributed by atoms with Crippen LogP contribution in [0.15, 0.2) is 24.3 Å². The lowest BCUT2D eigenvalue weighted by molar-refractivity contribution is -0.274. The van der Waals surface area contributed by atoms with Crippen LogP contribution in [0.1, 0.15) is 6.42 Å². The summed E-state index contributed by atoms with van der Waals surface area (Å²) in [6.07, 6.45) is -4.64. The molecule has 1 aromatic rings. The zero-order valence-electron chi connectivity index (χ0n) is 11.2. The lowest BCUT2D eigenvalue weighted by Crippen LogP contribution is -2.36. The molecule has 0 spiro atoms. The second-order valence-electron chi connectivity index (χ2n) is 5.41. The predicted octanol–water partition coefficient (Wildman–Crippen LogP) is 1.74. The molecule has 1 amide bonds. The zero-order chi connectivity index (χ0) is 16.1. The van der Waals surface area contributed by atoms with E-state index in [-0.39, 0.29) is 29.8 Å². The van der Waals surface area contributed by atoms with E-state index in [1.165, 1.54) is 17.0 Å². The SMILES string of the molecule is O=C1CC2CS(=O)(=O)CC2N1c1ccc(OC(F)(F)F)cc1.